The van der Waals surface area contributed by atoms with Gasteiger partial charge in [-0.25, -0.2) is 4.39 Å². The van der Waals surface area contributed by atoms with Crippen molar-refractivity contribution in [2.24, 2.45) is 0 Å². The summed E-state index contributed by atoms with van der Waals surface area (Å²) in [6.07, 6.45) is 3.11. The van der Waals surface area contributed by atoms with E-state index in [1.807, 2.05) is 0 Å². The third kappa shape index (κ3) is 3.76. The van der Waals surface area contributed by atoms with Crippen LogP contribution < -0.4 is 5.32 Å². The molecule has 7 heteroatoms. The highest BCUT2D eigenvalue weighted by Crippen LogP contribution is 2.25. The van der Waals surface area contributed by atoms with Crippen molar-refractivity contribution in [3.05, 3.63) is 41.4 Å². The van der Waals surface area contributed by atoms with Crippen molar-refractivity contribution in [3.8, 4) is 11.3 Å². The quantitative estimate of drug-likeness (QED) is 0.911. The van der Waals surface area contributed by atoms with Crippen LogP contribution in [-0.4, -0.2) is 41.0 Å². The SMILES string of the molecule is Cc1onc(-c2ccc(F)cc2)c1C(=O)NC(C)C(=O)N1CCCCC1. The average Bonchev–Trinajstić information content (AvgIpc) is 3.04. The smallest absolute Gasteiger partial charge is 0.257 e. The Hall–Kier alpha value is -2.70. The number of amides is 2. The van der Waals surface area contributed by atoms with Crippen molar-refractivity contribution in [3.63, 3.8) is 0 Å². The van der Waals surface area contributed by atoms with Crippen molar-refractivity contribution in [2.75, 3.05) is 13.1 Å². The summed E-state index contributed by atoms with van der Waals surface area (Å²) >= 11 is 0. The second-order valence-corrected chi connectivity index (χ2v) is 6.55. The van der Waals surface area contributed by atoms with Gasteiger partial charge < -0.3 is 14.7 Å². The number of halogens is 1. The number of aryl methyl sites for hydroxylation is 1. The topological polar surface area (TPSA) is 75.4 Å². The van der Waals surface area contributed by atoms with Crippen LogP contribution in [0.5, 0.6) is 0 Å². The monoisotopic (exact) mass is 359 g/mol. The van der Waals surface area contributed by atoms with Crippen molar-refractivity contribution >= 4 is 11.8 Å². The van der Waals surface area contributed by atoms with Gasteiger partial charge in [-0.15, -0.1) is 0 Å². The molecular formula is C19H22FN3O3. The molecule has 0 saturated carbocycles. The van der Waals surface area contributed by atoms with E-state index in [0.717, 1.165) is 32.4 Å². The third-order valence-electron chi connectivity index (χ3n) is 4.59. The van der Waals surface area contributed by atoms with E-state index in [1.54, 1.807) is 18.7 Å². The van der Waals surface area contributed by atoms with Gasteiger partial charge in [0.1, 0.15) is 28.9 Å². The highest BCUT2D eigenvalue weighted by Gasteiger charge is 2.27. The van der Waals surface area contributed by atoms with Crippen molar-refractivity contribution in [1.29, 1.82) is 0 Å². The summed E-state index contributed by atoms with van der Waals surface area (Å²) < 4.78 is 18.3. The molecular weight excluding hydrogens is 337 g/mol. The number of likely N-dealkylation sites (tertiary alicyclic amines) is 1. The molecule has 6 nitrogen and oxygen atoms in total. The number of benzene rings is 1. The Balaban J connectivity index is 1.76. The van der Waals surface area contributed by atoms with Crippen LogP contribution in [0.1, 0.15) is 42.3 Å². The van der Waals surface area contributed by atoms with Gasteiger partial charge in [0.15, 0.2) is 0 Å². The van der Waals surface area contributed by atoms with Crippen LogP contribution in [0.25, 0.3) is 11.3 Å². The number of hydrogen-bond donors (Lipinski definition) is 1. The molecule has 2 aromatic rings. The van der Waals surface area contributed by atoms with Gasteiger partial charge in [0.2, 0.25) is 5.91 Å². The van der Waals surface area contributed by atoms with Crippen LogP contribution >= 0.6 is 0 Å². The van der Waals surface area contributed by atoms with E-state index in [1.165, 1.54) is 24.3 Å². The number of carbonyl (C=O) groups excluding carboxylic acids is 2. The van der Waals surface area contributed by atoms with Gasteiger partial charge in [-0.05, 0) is 57.4 Å². The summed E-state index contributed by atoms with van der Waals surface area (Å²) in [4.78, 5) is 27.0. The van der Waals surface area contributed by atoms with Gasteiger partial charge in [0, 0.05) is 18.7 Å². The molecule has 2 amide bonds. The molecule has 0 spiro atoms. The van der Waals surface area contributed by atoms with Crippen molar-refractivity contribution in [1.82, 2.24) is 15.4 Å². The second-order valence-electron chi connectivity index (χ2n) is 6.55. The highest BCUT2D eigenvalue weighted by atomic mass is 19.1. The Morgan fingerprint density at radius 3 is 2.50 bits per heavy atom. The number of nitrogens with one attached hydrogen (secondary N) is 1. The maximum atomic E-state index is 13.1. The normalized spacial score (nSPS) is 15.6. The molecule has 0 radical (unpaired) electrons. The number of rotatable bonds is 4. The standard InChI is InChI=1S/C19H22FN3O3/c1-12(19(25)23-10-4-3-5-11-23)21-18(24)16-13(2)26-22-17(16)14-6-8-15(20)9-7-14/h6-9,12H,3-5,10-11H2,1-2H3,(H,21,24). The highest BCUT2D eigenvalue weighted by molar-refractivity contribution is 6.02. The van der Waals surface area contributed by atoms with E-state index >= 15 is 0 Å². The van der Waals surface area contributed by atoms with Crippen LogP contribution in [0, 0.1) is 12.7 Å². The predicted molar refractivity (Wildman–Crippen MR) is 94.0 cm³/mol. The van der Waals surface area contributed by atoms with Gasteiger partial charge in [0.05, 0.1) is 0 Å². The Morgan fingerprint density at radius 1 is 1.19 bits per heavy atom. The number of aromatic nitrogens is 1. The van der Waals surface area contributed by atoms with E-state index in [2.05, 4.69) is 10.5 Å². The van der Waals surface area contributed by atoms with Gasteiger partial charge in [0.25, 0.3) is 5.91 Å². The number of nitrogens with zero attached hydrogens (tertiary/aromatic N) is 2. The zero-order chi connectivity index (χ0) is 18.7. The molecule has 138 valence electrons. The average molecular weight is 359 g/mol. The van der Waals surface area contributed by atoms with Crippen molar-refractivity contribution in [2.45, 2.75) is 39.2 Å². The Bertz CT molecular complexity index is 795. The third-order valence-corrected chi connectivity index (χ3v) is 4.59. The van der Waals surface area contributed by atoms with Gasteiger partial charge in [-0.2, -0.15) is 0 Å². The fraction of sp³-hybridized carbons (Fsp3) is 0.421. The minimum atomic E-state index is -0.643. The molecule has 0 bridgehead atoms. The molecule has 26 heavy (non-hydrogen) atoms. The van der Waals surface area contributed by atoms with E-state index in [-0.39, 0.29) is 17.3 Å². The summed E-state index contributed by atoms with van der Waals surface area (Å²) in [5.41, 5.74) is 1.16. The molecule has 3 rings (SSSR count). The largest absolute Gasteiger partial charge is 0.360 e. The van der Waals surface area contributed by atoms with E-state index in [4.69, 9.17) is 4.52 Å². The van der Waals surface area contributed by atoms with Crippen LogP contribution in [0.3, 0.4) is 0 Å². The minimum absolute atomic E-state index is 0.0875. The first kappa shape index (κ1) is 18.1. The first-order valence-corrected chi connectivity index (χ1v) is 8.79. The fourth-order valence-electron chi connectivity index (χ4n) is 3.16. The number of carbonyl (C=O) groups is 2. The van der Waals surface area contributed by atoms with E-state index in [0.29, 0.717) is 17.0 Å². The van der Waals surface area contributed by atoms with Gasteiger partial charge in [-0.1, -0.05) is 5.16 Å². The molecule has 2 heterocycles. The Labute approximate surface area is 151 Å². The van der Waals surface area contributed by atoms with E-state index in [9.17, 15) is 14.0 Å². The zero-order valence-corrected chi connectivity index (χ0v) is 14.9. The predicted octanol–water partition coefficient (Wildman–Crippen LogP) is 2.92. The first-order valence-electron chi connectivity index (χ1n) is 8.79. The lowest BCUT2D eigenvalue weighted by molar-refractivity contribution is -0.133. The summed E-state index contributed by atoms with van der Waals surface area (Å²) in [5, 5.41) is 6.66. The van der Waals surface area contributed by atoms with Crippen molar-refractivity contribution < 1.29 is 18.5 Å². The molecule has 1 fully saturated rings. The molecule has 1 aromatic heterocycles. The molecule has 1 unspecified atom stereocenters. The molecule has 1 saturated heterocycles. The minimum Gasteiger partial charge on any atom is -0.360 e. The van der Waals surface area contributed by atoms with E-state index < -0.39 is 11.9 Å². The lowest BCUT2D eigenvalue weighted by atomic mass is 10.0. The fourth-order valence-corrected chi connectivity index (χ4v) is 3.16. The molecule has 1 atom stereocenters. The summed E-state index contributed by atoms with van der Waals surface area (Å²) in [6.45, 7) is 4.76. The Morgan fingerprint density at radius 2 is 1.85 bits per heavy atom. The molecule has 1 N–H and O–H groups in total. The molecule has 0 aliphatic carbocycles. The van der Waals surface area contributed by atoms with Crippen LogP contribution in [0.15, 0.2) is 28.8 Å². The second kappa shape index (κ2) is 7.68. The first-order chi connectivity index (χ1) is 12.5. The van der Waals surface area contributed by atoms with Crippen LogP contribution in [-0.2, 0) is 4.79 Å². The maximum absolute atomic E-state index is 13.1. The Kier molecular flexibility index (Phi) is 5.35. The summed E-state index contributed by atoms with van der Waals surface area (Å²) in [5.74, 6) is -0.545. The summed E-state index contributed by atoms with van der Waals surface area (Å²) in [6, 6.07) is 5.01. The number of piperidine rings is 1. The van der Waals surface area contributed by atoms with Crippen LogP contribution in [0.2, 0.25) is 0 Å². The lowest BCUT2D eigenvalue weighted by Crippen LogP contribution is -2.48. The zero-order valence-electron chi connectivity index (χ0n) is 14.9. The molecule has 1 aromatic carbocycles. The molecule has 1 aliphatic heterocycles. The lowest BCUT2D eigenvalue weighted by Gasteiger charge is -2.29. The summed E-state index contributed by atoms with van der Waals surface area (Å²) in [7, 11) is 0. The maximum Gasteiger partial charge on any atom is 0.257 e. The van der Waals surface area contributed by atoms with Gasteiger partial charge >= 0.3 is 0 Å². The number of hydrogen-bond acceptors (Lipinski definition) is 4. The molecule has 1 aliphatic rings. The van der Waals surface area contributed by atoms with Gasteiger partial charge in [-0.3, -0.25) is 9.59 Å². The van der Waals surface area contributed by atoms with Crippen LogP contribution in [0.4, 0.5) is 4.39 Å².